The van der Waals surface area contributed by atoms with Crippen LogP contribution in [0.1, 0.15) is 12.5 Å². The third-order valence-electron chi connectivity index (χ3n) is 3.22. The van der Waals surface area contributed by atoms with Gasteiger partial charge in [-0.05, 0) is 31.0 Å². The number of carbonyl (C=O) groups is 2. The largest absolute Gasteiger partial charge is 0.493 e. The lowest BCUT2D eigenvalue weighted by atomic mass is 10.1. The number of fused-ring (bicyclic) bond motifs is 1. The summed E-state index contributed by atoms with van der Waals surface area (Å²) in [6.45, 7) is 0.939. The van der Waals surface area contributed by atoms with E-state index in [-0.39, 0.29) is 19.0 Å². The van der Waals surface area contributed by atoms with Gasteiger partial charge in [0, 0.05) is 0 Å². The fourth-order valence-electron chi connectivity index (χ4n) is 2.09. The van der Waals surface area contributed by atoms with Crippen molar-refractivity contribution in [3.63, 3.8) is 0 Å². The standard InChI is InChI=1S/C14H11F6NO5/c1-7(4-8-2-3-9-10(5-8)25-6-24-9)21(11(22)13(15,16)17)26-12(23)14(18,19)20/h2-3,5,7H,4,6H2,1H3. The number of rotatable bonds is 3. The predicted octanol–water partition coefficient (Wildman–Crippen LogP) is 2.76. The van der Waals surface area contributed by atoms with Gasteiger partial charge in [0.1, 0.15) is 0 Å². The van der Waals surface area contributed by atoms with E-state index in [0.29, 0.717) is 11.3 Å². The van der Waals surface area contributed by atoms with E-state index in [4.69, 9.17) is 9.47 Å². The van der Waals surface area contributed by atoms with Crippen molar-refractivity contribution < 1.29 is 50.2 Å². The average molecular weight is 387 g/mol. The van der Waals surface area contributed by atoms with E-state index < -0.39 is 35.3 Å². The molecule has 1 aliphatic heterocycles. The fraction of sp³-hybridized carbons (Fsp3) is 0.429. The van der Waals surface area contributed by atoms with Gasteiger partial charge in [-0.25, -0.2) is 4.79 Å². The quantitative estimate of drug-likeness (QED) is 0.590. The van der Waals surface area contributed by atoms with Gasteiger partial charge in [0.15, 0.2) is 11.5 Å². The zero-order valence-electron chi connectivity index (χ0n) is 13.0. The second-order valence-electron chi connectivity index (χ2n) is 5.25. The first-order chi connectivity index (χ1) is 11.9. The van der Waals surface area contributed by atoms with Gasteiger partial charge in [0.05, 0.1) is 6.04 Å². The highest BCUT2D eigenvalue weighted by Crippen LogP contribution is 2.33. The summed E-state index contributed by atoms with van der Waals surface area (Å²) in [4.78, 5) is 25.9. The van der Waals surface area contributed by atoms with Crippen molar-refractivity contribution in [3.8, 4) is 11.5 Å². The highest BCUT2D eigenvalue weighted by atomic mass is 19.4. The van der Waals surface area contributed by atoms with Crippen molar-refractivity contribution in [2.75, 3.05) is 6.79 Å². The molecule has 0 aliphatic carbocycles. The van der Waals surface area contributed by atoms with Crippen LogP contribution >= 0.6 is 0 Å². The molecule has 1 heterocycles. The first-order valence-electron chi connectivity index (χ1n) is 6.97. The number of benzene rings is 1. The van der Waals surface area contributed by atoms with E-state index in [1.807, 2.05) is 0 Å². The minimum atomic E-state index is -5.57. The van der Waals surface area contributed by atoms with Crippen LogP contribution in [0.5, 0.6) is 11.5 Å². The van der Waals surface area contributed by atoms with Gasteiger partial charge in [-0.2, -0.15) is 31.4 Å². The molecule has 0 saturated heterocycles. The molecule has 0 aromatic heterocycles. The number of halogens is 6. The van der Waals surface area contributed by atoms with Gasteiger partial charge in [0.2, 0.25) is 6.79 Å². The van der Waals surface area contributed by atoms with Gasteiger partial charge in [-0.3, -0.25) is 4.79 Å². The molecule has 0 spiro atoms. The van der Waals surface area contributed by atoms with Crippen LogP contribution in [-0.4, -0.2) is 42.1 Å². The Balaban J connectivity index is 2.20. The Morgan fingerprint density at radius 3 is 2.31 bits per heavy atom. The van der Waals surface area contributed by atoms with Crippen LogP contribution < -0.4 is 9.47 Å². The molecule has 1 aromatic rings. The maximum atomic E-state index is 12.6. The molecule has 2 rings (SSSR count). The minimum absolute atomic E-state index is 0.0593. The molecule has 0 fully saturated rings. The van der Waals surface area contributed by atoms with Crippen molar-refractivity contribution >= 4 is 11.9 Å². The van der Waals surface area contributed by atoms with Crippen molar-refractivity contribution in [1.82, 2.24) is 5.06 Å². The van der Waals surface area contributed by atoms with Crippen molar-refractivity contribution in [2.24, 2.45) is 0 Å². The van der Waals surface area contributed by atoms with Crippen molar-refractivity contribution in [1.29, 1.82) is 0 Å². The Bertz CT molecular complexity index is 702. The third kappa shape index (κ3) is 4.49. The van der Waals surface area contributed by atoms with Gasteiger partial charge in [0.25, 0.3) is 0 Å². The van der Waals surface area contributed by atoms with Crippen LogP contribution in [0.15, 0.2) is 18.2 Å². The summed E-state index contributed by atoms with van der Waals surface area (Å²) in [5.41, 5.74) is 0.324. The van der Waals surface area contributed by atoms with Gasteiger partial charge in [-0.1, -0.05) is 6.07 Å². The molecule has 6 nitrogen and oxygen atoms in total. The summed E-state index contributed by atoms with van der Waals surface area (Å²) in [7, 11) is 0. The van der Waals surface area contributed by atoms with E-state index >= 15 is 0 Å². The molecule has 1 amide bonds. The number of alkyl halides is 6. The number of nitrogens with zero attached hydrogens (tertiary/aromatic N) is 1. The predicted molar refractivity (Wildman–Crippen MR) is 70.8 cm³/mol. The smallest absolute Gasteiger partial charge is 0.454 e. The molecule has 1 unspecified atom stereocenters. The average Bonchev–Trinajstić information content (AvgIpc) is 2.97. The van der Waals surface area contributed by atoms with Crippen molar-refractivity contribution in [2.45, 2.75) is 31.7 Å². The topological polar surface area (TPSA) is 65.1 Å². The lowest BCUT2D eigenvalue weighted by Gasteiger charge is -2.28. The highest BCUT2D eigenvalue weighted by molar-refractivity contribution is 5.84. The Kier molecular flexibility index (Phi) is 5.23. The van der Waals surface area contributed by atoms with Crippen molar-refractivity contribution in [3.05, 3.63) is 23.8 Å². The summed E-state index contributed by atoms with van der Waals surface area (Å²) in [5.74, 6) is -5.00. The van der Waals surface area contributed by atoms with Crippen LogP contribution in [0.3, 0.4) is 0 Å². The van der Waals surface area contributed by atoms with E-state index in [2.05, 4.69) is 4.84 Å². The molecule has 0 bridgehead atoms. The number of amides is 1. The van der Waals surface area contributed by atoms with E-state index in [9.17, 15) is 35.9 Å². The molecule has 12 heteroatoms. The summed E-state index contributed by atoms with van der Waals surface area (Å²) in [5, 5.41) is -0.625. The van der Waals surface area contributed by atoms with Gasteiger partial charge >= 0.3 is 24.2 Å². The number of carbonyl (C=O) groups excluding carboxylic acids is 2. The maximum absolute atomic E-state index is 12.6. The minimum Gasteiger partial charge on any atom is -0.454 e. The lowest BCUT2D eigenvalue weighted by Crippen LogP contribution is -2.49. The maximum Gasteiger partial charge on any atom is 0.493 e. The summed E-state index contributed by atoms with van der Waals surface area (Å²) in [6, 6.07) is 2.71. The third-order valence-corrected chi connectivity index (χ3v) is 3.22. The zero-order valence-corrected chi connectivity index (χ0v) is 13.0. The van der Waals surface area contributed by atoms with Gasteiger partial charge < -0.3 is 14.3 Å². The van der Waals surface area contributed by atoms with Crippen LogP contribution in [0, 0.1) is 0 Å². The second kappa shape index (κ2) is 6.92. The van der Waals surface area contributed by atoms with Crippen LogP contribution in [0.2, 0.25) is 0 Å². The summed E-state index contributed by atoms with van der Waals surface area (Å²) in [6.07, 6.45) is -11.4. The number of hydrogen-bond donors (Lipinski definition) is 0. The first kappa shape index (κ1) is 19.7. The zero-order chi connectivity index (χ0) is 19.7. The molecule has 144 valence electrons. The van der Waals surface area contributed by atoms with Gasteiger partial charge in [-0.15, -0.1) is 0 Å². The Hall–Kier alpha value is -2.66. The molecule has 0 saturated carbocycles. The molecule has 26 heavy (non-hydrogen) atoms. The highest BCUT2D eigenvalue weighted by Gasteiger charge is 2.50. The molecular weight excluding hydrogens is 376 g/mol. The Labute approximate surface area is 142 Å². The molecule has 1 aliphatic rings. The summed E-state index contributed by atoms with van der Waals surface area (Å²) < 4.78 is 84.9. The SMILES string of the molecule is CC(Cc1ccc2c(c1)OCO2)N(OC(=O)C(F)(F)F)C(=O)C(F)(F)F. The van der Waals surface area contributed by atoms with E-state index in [0.717, 1.165) is 6.92 Å². The number of hydrogen-bond acceptors (Lipinski definition) is 5. The van der Waals surface area contributed by atoms with E-state index in [1.165, 1.54) is 18.2 Å². The Morgan fingerprint density at radius 2 is 1.73 bits per heavy atom. The monoisotopic (exact) mass is 387 g/mol. The summed E-state index contributed by atoms with van der Waals surface area (Å²) >= 11 is 0. The van der Waals surface area contributed by atoms with E-state index in [1.54, 1.807) is 0 Å². The first-order valence-corrected chi connectivity index (χ1v) is 6.97. The molecule has 0 N–H and O–H groups in total. The molecular formula is C14H11F6NO5. The molecule has 1 atom stereocenters. The van der Waals surface area contributed by atoms with Crippen LogP contribution in [0.25, 0.3) is 0 Å². The number of hydroxylamine groups is 2. The number of ether oxygens (including phenoxy) is 2. The lowest BCUT2D eigenvalue weighted by molar-refractivity contribution is -0.258. The normalized spacial score (nSPS) is 14.7. The fourth-order valence-corrected chi connectivity index (χ4v) is 2.09. The molecule has 0 radical (unpaired) electrons. The Morgan fingerprint density at radius 1 is 1.12 bits per heavy atom. The molecule has 1 aromatic carbocycles. The van der Waals surface area contributed by atoms with Crippen LogP contribution in [0.4, 0.5) is 26.3 Å². The second-order valence-corrected chi connectivity index (χ2v) is 5.25. The van der Waals surface area contributed by atoms with Crippen LogP contribution in [-0.2, 0) is 20.8 Å².